The monoisotopic (exact) mass is 413 g/mol. The van der Waals surface area contributed by atoms with E-state index in [0.717, 1.165) is 42.3 Å². The molecule has 3 aromatic rings. The minimum Gasteiger partial charge on any atom is -0.339 e. The van der Waals surface area contributed by atoms with Crippen LogP contribution < -0.4 is 10.6 Å². The Labute approximate surface area is 174 Å². The van der Waals surface area contributed by atoms with Gasteiger partial charge in [0.2, 0.25) is 5.91 Å². The molecule has 0 bridgehead atoms. The molecule has 2 aromatic carbocycles. The molecule has 1 amide bonds. The maximum atomic E-state index is 12.8. The topological polar surface area (TPSA) is 54.0 Å². The van der Waals surface area contributed by atoms with E-state index in [9.17, 15) is 4.79 Å². The maximum Gasteiger partial charge on any atom is 0.227 e. The molecular formula is C22H21Cl2N3O. The number of aromatic nitrogens is 1. The van der Waals surface area contributed by atoms with Crippen LogP contribution in [0.1, 0.15) is 32.1 Å². The second kappa shape index (κ2) is 8.38. The van der Waals surface area contributed by atoms with E-state index in [2.05, 4.69) is 15.6 Å². The van der Waals surface area contributed by atoms with Gasteiger partial charge in [-0.3, -0.25) is 4.79 Å². The number of carbonyl (C=O) groups excluding carboxylic acids is 1. The maximum absolute atomic E-state index is 12.8. The summed E-state index contributed by atoms with van der Waals surface area (Å²) >= 11 is 12.4. The summed E-state index contributed by atoms with van der Waals surface area (Å²) in [7, 11) is 0. The molecule has 1 aliphatic carbocycles. The van der Waals surface area contributed by atoms with E-state index in [4.69, 9.17) is 23.2 Å². The molecule has 1 fully saturated rings. The molecule has 0 aliphatic heterocycles. The third-order valence-electron chi connectivity index (χ3n) is 5.16. The molecular weight excluding hydrogens is 393 g/mol. The van der Waals surface area contributed by atoms with E-state index in [0.29, 0.717) is 21.6 Å². The normalized spacial score (nSPS) is 14.8. The SMILES string of the molecule is O=C(Nc1cc(Nc2cccc(Cl)c2Cl)nc2ccccc12)C1CCCCC1. The zero-order valence-electron chi connectivity index (χ0n) is 15.3. The number of hydrogen-bond donors (Lipinski definition) is 2. The number of carbonyl (C=O) groups is 1. The smallest absolute Gasteiger partial charge is 0.227 e. The predicted molar refractivity (Wildman–Crippen MR) is 117 cm³/mol. The number of rotatable bonds is 4. The van der Waals surface area contributed by atoms with Crippen molar-refractivity contribution in [1.29, 1.82) is 0 Å². The van der Waals surface area contributed by atoms with Crippen LogP contribution >= 0.6 is 23.2 Å². The fourth-order valence-corrected chi connectivity index (χ4v) is 4.03. The average Bonchev–Trinajstić information content (AvgIpc) is 2.72. The summed E-state index contributed by atoms with van der Waals surface area (Å²) in [6.07, 6.45) is 5.37. The Balaban J connectivity index is 1.67. The van der Waals surface area contributed by atoms with Crippen molar-refractivity contribution in [2.75, 3.05) is 10.6 Å². The van der Waals surface area contributed by atoms with Crippen LogP contribution in [-0.4, -0.2) is 10.9 Å². The number of pyridine rings is 1. The number of halogens is 2. The van der Waals surface area contributed by atoms with E-state index < -0.39 is 0 Å². The minimum absolute atomic E-state index is 0.0828. The van der Waals surface area contributed by atoms with Gasteiger partial charge in [-0.05, 0) is 31.0 Å². The Bertz CT molecular complexity index is 1020. The summed E-state index contributed by atoms with van der Waals surface area (Å²) in [6.45, 7) is 0. The van der Waals surface area contributed by atoms with E-state index in [-0.39, 0.29) is 11.8 Å². The molecule has 4 rings (SSSR count). The van der Waals surface area contributed by atoms with Gasteiger partial charge in [-0.2, -0.15) is 0 Å². The fraction of sp³-hybridized carbons (Fsp3) is 0.273. The molecule has 0 radical (unpaired) electrons. The first kappa shape index (κ1) is 19.0. The Morgan fingerprint density at radius 1 is 0.964 bits per heavy atom. The number of hydrogen-bond acceptors (Lipinski definition) is 3. The number of nitrogens with zero attached hydrogens (tertiary/aromatic N) is 1. The molecule has 4 nitrogen and oxygen atoms in total. The zero-order chi connectivity index (χ0) is 19.5. The Morgan fingerprint density at radius 2 is 1.75 bits per heavy atom. The average molecular weight is 414 g/mol. The third-order valence-corrected chi connectivity index (χ3v) is 5.98. The molecule has 0 saturated heterocycles. The molecule has 0 unspecified atom stereocenters. The number of anilines is 3. The lowest BCUT2D eigenvalue weighted by atomic mass is 9.88. The van der Waals surface area contributed by atoms with Crippen molar-refractivity contribution in [2.45, 2.75) is 32.1 Å². The van der Waals surface area contributed by atoms with Crippen molar-refractivity contribution in [3.63, 3.8) is 0 Å². The molecule has 28 heavy (non-hydrogen) atoms. The molecule has 1 saturated carbocycles. The second-order valence-electron chi connectivity index (χ2n) is 7.12. The van der Waals surface area contributed by atoms with Gasteiger partial charge < -0.3 is 10.6 Å². The van der Waals surface area contributed by atoms with Crippen LogP contribution in [0.25, 0.3) is 10.9 Å². The van der Waals surface area contributed by atoms with Crippen LogP contribution in [0.2, 0.25) is 10.0 Å². The van der Waals surface area contributed by atoms with Gasteiger partial charge in [0.15, 0.2) is 0 Å². The van der Waals surface area contributed by atoms with Crippen molar-refractivity contribution in [3.8, 4) is 0 Å². The third kappa shape index (κ3) is 4.08. The number of amides is 1. The molecule has 1 aromatic heterocycles. The summed E-state index contributed by atoms with van der Waals surface area (Å²) in [5, 5.41) is 8.17. The molecule has 1 aliphatic rings. The van der Waals surface area contributed by atoms with Gasteiger partial charge in [0.05, 0.1) is 26.9 Å². The first-order valence-electron chi connectivity index (χ1n) is 9.53. The lowest BCUT2D eigenvalue weighted by molar-refractivity contribution is -0.120. The molecule has 2 N–H and O–H groups in total. The highest BCUT2D eigenvalue weighted by Gasteiger charge is 2.22. The fourth-order valence-electron chi connectivity index (χ4n) is 3.68. The Morgan fingerprint density at radius 3 is 2.57 bits per heavy atom. The highest BCUT2D eigenvalue weighted by atomic mass is 35.5. The van der Waals surface area contributed by atoms with Gasteiger partial charge in [0.1, 0.15) is 5.82 Å². The van der Waals surface area contributed by atoms with Crippen molar-refractivity contribution < 1.29 is 4.79 Å². The molecule has 1 heterocycles. The molecule has 144 valence electrons. The van der Waals surface area contributed by atoms with Crippen LogP contribution in [0.15, 0.2) is 48.5 Å². The van der Waals surface area contributed by atoms with E-state index in [1.807, 2.05) is 42.5 Å². The van der Waals surface area contributed by atoms with Crippen molar-refractivity contribution in [3.05, 3.63) is 58.6 Å². The summed E-state index contributed by atoms with van der Waals surface area (Å²) in [5.41, 5.74) is 2.22. The molecule has 0 spiro atoms. The number of nitrogens with one attached hydrogen (secondary N) is 2. The van der Waals surface area contributed by atoms with Gasteiger partial charge in [-0.1, -0.05) is 66.7 Å². The molecule has 6 heteroatoms. The highest BCUT2D eigenvalue weighted by Crippen LogP contribution is 2.34. The highest BCUT2D eigenvalue weighted by molar-refractivity contribution is 6.43. The van der Waals surface area contributed by atoms with Crippen LogP contribution in [0, 0.1) is 5.92 Å². The lowest BCUT2D eigenvalue weighted by Crippen LogP contribution is -2.24. The minimum atomic E-state index is 0.0828. The molecule has 0 atom stereocenters. The second-order valence-corrected chi connectivity index (χ2v) is 7.91. The van der Waals surface area contributed by atoms with Crippen LogP contribution in [0.4, 0.5) is 17.2 Å². The number of fused-ring (bicyclic) bond motifs is 1. The first-order valence-corrected chi connectivity index (χ1v) is 10.3. The van der Waals surface area contributed by atoms with Gasteiger partial charge in [-0.25, -0.2) is 4.98 Å². The summed E-state index contributed by atoms with van der Waals surface area (Å²) < 4.78 is 0. The summed E-state index contributed by atoms with van der Waals surface area (Å²) in [4.78, 5) is 17.4. The van der Waals surface area contributed by atoms with Crippen LogP contribution in [0.5, 0.6) is 0 Å². The van der Waals surface area contributed by atoms with Crippen molar-refractivity contribution in [2.24, 2.45) is 5.92 Å². The van der Waals surface area contributed by atoms with Gasteiger partial charge in [0.25, 0.3) is 0 Å². The summed E-state index contributed by atoms with van der Waals surface area (Å²) in [5.74, 6) is 0.768. The van der Waals surface area contributed by atoms with E-state index >= 15 is 0 Å². The van der Waals surface area contributed by atoms with Gasteiger partial charge in [-0.15, -0.1) is 0 Å². The van der Waals surface area contributed by atoms with Gasteiger partial charge >= 0.3 is 0 Å². The Hall–Kier alpha value is -2.30. The van der Waals surface area contributed by atoms with E-state index in [1.165, 1.54) is 6.42 Å². The van der Waals surface area contributed by atoms with Crippen molar-refractivity contribution in [1.82, 2.24) is 4.98 Å². The standard InChI is InChI=1S/C22H21Cl2N3O/c23-16-10-6-12-18(21(16)24)26-20-13-19(15-9-4-5-11-17(15)25-20)27-22(28)14-7-2-1-3-8-14/h4-6,9-14H,1-3,7-8H2,(H2,25,26,27,28). The number of benzene rings is 2. The van der Waals surface area contributed by atoms with Crippen molar-refractivity contribution >= 4 is 57.2 Å². The van der Waals surface area contributed by atoms with Gasteiger partial charge in [0, 0.05) is 17.4 Å². The lowest BCUT2D eigenvalue weighted by Gasteiger charge is -2.21. The predicted octanol–water partition coefficient (Wildman–Crippen LogP) is 6.80. The largest absolute Gasteiger partial charge is 0.339 e. The first-order chi connectivity index (χ1) is 13.6. The quantitative estimate of drug-likeness (QED) is 0.493. The summed E-state index contributed by atoms with van der Waals surface area (Å²) in [6, 6.07) is 15.0. The number of para-hydroxylation sites is 1. The van der Waals surface area contributed by atoms with Crippen LogP contribution in [0.3, 0.4) is 0 Å². The van der Waals surface area contributed by atoms with E-state index in [1.54, 1.807) is 6.07 Å². The Kier molecular flexibility index (Phi) is 5.69. The van der Waals surface area contributed by atoms with Crippen LogP contribution in [-0.2, 0) is 4.79 Å². The zero-order valence-corrected chi connectivity index (χ0v) is 16.9.